The maximum atomic E-state index is 11.1. The van der Waals surface area contributed by atoms with Crippen LogP contribution in [0.15, 0.2) is 28.4 Å². The summed E-state index contributed by atoms with van der Waals surface area (Å²) in [6, 6.07) is 0. The number of carbonyl (C=O) groups is 1. The Morgan fingerprint density at radius 1 is 1.50 bits per heavy atom. The Hall–Kier alpha value is -1.38. The third kappa shape index (κ3) is 2.71. The van der Waals surface area contributed by atoms with Crippen LogP contribution in [-0.2, 0) is 4.79 Å². The summed E-state index contributed by atoms with van der Waals surface area (Å²) in [6.45, 7) is 4.33. The predicted octanol–water partition coefficient (Wildman–Crippen LogP) is 3.57. The number of hydrogen-bond acceptors (Lipinski definition) is 2. The lowest BCUT2D eigenvalue weighted by atomic mass is 9.83. The van der Waals surface area contributed by atoms with E-state index in [9.17, 15) is 4.79 Å². The number of hydrogen-bond donors (Lipinski definition) is 1. The lowest BCUT2D eigenvalue weighted by Crippen LogP contribution is -2.27. The first-order chi connectivity index (χ1) is 8.59. The van der Waals surface area contributed by atoms with Crippen LogP contribution >= 0.6 is 0 Å². The number of carboxylic acids is 1. The number of aliphatic imine (C=N–C) groups is 1. The minimum atomic E-state index is -0.871. The molecule has 98 valence electrons. The number of allylic oxidation sites excluding steroid dienone is 3. The molecule has 2 aliphatic rings. The molecule has 1 N–H and O–H groups in total. The molecule has 2 rings (SSSR count). The van der Waals surface area contributed by atoms with Gasteiger partial charge in [-0.05, 0) is 38.0 Å². The zero-order valence-electron chi connectivity index (χ0n) is 11.1. The molecule has 0 saturated carbocycles. The summed E-state index contributed by atoms with van der Waals surface area (Å²) in [4.78, 5) is 15.4. The van der Waals surface area contributed by atoms with E-state index in [4.69, 9.17) is 5.11 Å². The average Bonchev–Trinajstić information content (AvgIpc) is 2.28. The molecule has 0 amide bonds. The predicted molar refractivity (Wildman–Crippen MR) is 72.6 cm³/mol. The summed E-state index contributed by atoms with van der Waals surface area (Å²) in [6.07, 6.45) is 9.49. The first kappa shape index (κ1) is 13.1. The number of rotatable bonds is 5. The zero-order valence-corrected chi connectivity index (χ0v) is 11.1. The highest BCUT2D eigenvalue weighted by Crippen LogP contribution is 2.36. The van der Waals surface area contributed by atoms with Crippen molar-refractivity contribution in [3.8, 4) is 0 Å². The van der Waals surface area contributed by atoms with Gasteiger partial charge in [0, 0.05) is 11.5 Å². The van der Waals surface area contributed by atoms with Gasteiger partial charge in [0.25, 0.3) is 0 Å². The van der Waals surface area contributed by atoms with Crippen LogP contribution in [0.1, 0.15) is 46.0 Å². The first-order valence-electron chi connectivity index (χ1n) is 6.80. The van der Waals surface area contributed by atoms with Gasteiger partial charge in [0.05, 0.1) is 5.70 Å². The Morgan fingerprint density at radius 3 is 2.83 bits per heavy atom. The molecule has 0 bridgehead atoms. The van der Waals surface area contributed by atoms with Gasteiger partial charge in [-0.3, -0.25) is 0 Å². The monoisotopic (exact) mass is 247 g/mol. The molecule has 1 aliphatic carbocycles. The van der Waals surface area contributed by atoms with E-state index in [0.717, 1.165) is 43.4 Å². The van der Waals surface area contributed by atoms with E-state index in [1.54, 1.807) is 0 Å². The minimum absolute atomic E-state index is 0.306. The fraction of sp³-hybridized carbons (Fsp3) is 0.600. The molecule has 1 unspecified atom stereocenters. The van der Waals surface area contributed by atoms with Gasteiger partial charge in [-0.2, -0.15) is 0 Å². The molecule has 0 spiro atoms. The van der Waals surface area contributed by atoms with Crippen LogP contribution in [0.5, 0.6) is 0 Å². The molecule has 3 nitrogen and oxygen atoms in total. The largest absolute Gasteiger partial charge is 0.477 e. The van der Waals surface area contributed by atoms with E-state index in [1.165, 1.54) is 0 Å². The maximum Gasteiger partial charge on any atom is 0.354 e. The summed E-state index contributed by atoms with van der Waals surface area (Å²) in [5.41, 5.74) is 2.38. The molecule has 0 aromatic heterocycles. The molecular weight excluding hydrogens is 226 g/mol. The SMILES string of the molecule is CC(C)CCC1=C(C2CC=CCC2)N=C1C(=O)O. The summed E-state index contributed by atoms with van der Waals surface area (Å²) >= 11 is 0. The van der Waals surface area contributed by atoms with Crippen molar-refractivity contribution in [1.82, 2.24) is 0 Å². The number of nitrogens with zero attached hydrogens (tertiary/aromatic N) is 1. The van der Waals surface area contributed by atoms with Crippen molar-refractivity contribution in [1.29, 1.82) is 0 Å². The van der Waals surface area contributed by atoms with Crippen molar-refractivity contribution in [2.75, 3.05) is 0 Å². The summed E-state index contributed by atoms with van der Waals surface area (Å²) < 4.78 is 0. The normalized spacial score (nSPS) is 23.1. The van der Waals surface area contributed by atoms with Crippen molar-refractivity contribution >= 4 is 11.7 Å². The van der Waals surface area contributed by atoms with Gasteiger partial charge < -0.3 is 5.11 Å². The molecule has 1 atom stereocenters. The Morgan fingerprint density at radius 2 is 2.28 bits per heavy atom. The van der Waals surface area contributed by atoms with E-state index in [2.05, 4.69) is 31.0 Å². The highest BCUT2D eigenvalue weighted by atomic mass is 16.4. The Kier molecular flexibility index (Phi) is 4.00. The van der Waals surface area contributed by atoms with Crippen LogP contribution in [0.25, 0.3) is 0 Å². The van der Waals surface area contributed by atoms with Gasteiger partial charge in [0.15, 0.2) is 5.71 Å². The second-order valence-electron chi connectivity index (χ2n) is 5.54. The van der Waals surface area contributed by atoms with Crippen molar-refractivity contribution in [2.45, 2.75) is 46.0 Å². The average molecular weight is 247 g/mol. The fourth-order valence-corrected chi connectivity index (χ4v) is 2.56. The molecule has 0 fully saturated rings. The molecular formula is C15H21NO2. The van der Waals surface area contributed by atoms with Crippen molar-refractivity contribution in [2.24, 2.45) is 16.8 Å². The second kappa shape index (κ2) is 5.51. The quantitative estimate of drug-likeness (QED) is 0.755. The number of carboxylic acid groups (broad SMARTS) is 1. The third-order valence-electron chi connectivity index (χ3n) is 3.66. The van der Waals surface area contributed by atoms with Crippen LogP contribution in [0, 0.1) is 11.8 Å². The van der Waals surface area contributed by atoms with Crippen LogP contribution in [-0.4, -0.2) is 16.8 Å². The minimum Gasteiger partial charge on any atom is -0.477 e. The molecule has 0 saturated heterocycles. The van der Waals surface area contributed by atoms with Crippen LogP contribution in [0.3, 0.4) is 0 Å². The van der Waals surface area contributed by atoms with E-state index in [0.29, 0.717) is 17.5 Å². The molecule has 0 aromatic carbocycles. The second-order valence-corrected chi connectivity index (χ2v) is 5.54. The first-order valence-corrected chi connectivity index (χ1v) is 6.80. The molecule has 0 aromatic rings. The Labute approximate surface area is 108 Å². The van der Waals surface area contributed by atoms with Crippen molar-refractivity contribution in [3.63, 3.8) is 0 Å². The highest BCUT2D eigenvalue weighted by Gasteiger charge is 2.31. The Bertz CT molecular complexity index is 430. The summed E-state index contributed by atoms with van der Waals surface area (Å²) in [5, 5.41) is 9.11. The van der Waals surface area contributed by atoms with Crippen molar-refractivity contribution in [3.05, 3.63) is 23.4 Å². The standard InChI is InChI=1S/C15H21NO2/c1-10(2)8-9-12-13(16-14(12)15(17)18)11-6-4-3-5-7-11/h3-4,10-11H,5-9H2,1-2H3,(H,17,18). The molecule has 1 heterocycles. The topological polar surface area (TPSA) is 49.7 Å². The molecule has 18 heavy (non-hydrogen) atoms. The number of aliphatic carboxylic acids is 1. The van der Waals surface area contributed by atoms with Gasteiger partial charge in [-0.15, -0.1) is 0 Å². The molecule has 3 heteroatoms. The van der Waals surface area contributed by atoms with Gasteiger partial charge in [-0.1, -0.05) is 26.0 Å². The summed E-state index contributed by atoms with van der Waals surface area (Å²) in [5.74, 6) is 0.171. The molecule has 1 aliphatic heterocycles. The van der Waals surface area contributed by atoms with Gasteiger partial charge in [0.2, 0.25) is 0 Å². The van der Waals surface area contributed by atoms with Crippen LogP contribution in [0.2, 0.25) is 0 Å². The van der Waals surface area contributed by atoms with Gasteiger partial charge in [-0.25, -0.2) is 9.79 Å². The fourth-order valence-electron chi connectivity index (χ4n) is 2.56. The van der Waals surface area contributed by atoms with Gasteiger partial charge >= 0.3 is 5.97 Å². The zero-order chi connectivity index (χ0) is 13.1. The van der Waals surface area contributed by atoms with E-state index >= 15 is 0 Å². The Balaban J connectivity index is 2.09. The van der Waals surface area contributed by atoms with Crippen LogP contribution < -0.4 is 0 Å². The maximum absolute atomic E-state index is 11.1. The third-order valence-corrected chi connectivity index (χ3v) is 3.66. The lowest BCUT2D eigenvalue weighted by molar-refractivity contribution is -0.129. The smallest absolute Gasteiger partial charge is 0.354 e. The van der Waals surface area contributed by atoms with Gasteiger partial charge in [0.1, 0.15) is 0 Å². The molecule has 0 radical (unpaired) electrons. The highest BCUT2D eigenvalue weighted by molar-refractivity contribution is 6.45. The van der Waals surface area contributed by atoms with E-state index in [-0.39, 0.29) is 0 Å². The van der Waals surface area contributed by atoms with Crippen molar-refractivity contribution < 1.29 is 9.90 Å². The lowest BCUT2D eigenvalue weighted by Gasteiger charge is -2.28. The van der Waals surface area contributed by atoms with E-state index < -0.39 is 5.97 Å². The van der Waals surface area contributed by atoms with E-state index in [1.807, 2.05) is 0 Å². The summed E-state index contributed by atoms with van der Waals surface area (Å²) in [7, 11) is 0. The van der Waals surface area contributed by atoms with Crippen LogP contribution in [0.4, 0.5) is 0 Å².